The van der Waals surface area contributed by atoms with Crippen LogP contribution in [0.2, 0.25) is 0 Å². The Morgan fingerprint density at radius 3 is 2.29 bits per heavy atom. The molecule has 1 amide bonds. The number of nitrogens with one attached hydrogen (secondary N) is 1. The van der Waals surface area contributed by atoms with E-state index < -0.39 is 23.8 Å². The average Bonchev–Trinajstić information content (AvgIpc) is 2.55. The van der Waals surface area contributed by atoms with E-state index in [1.807, 2.05) is 32.0 Å². The topological polar surface area (TPSA) is 55.4 Å². The Morgan fingerprint density at radius 2 is 1.62 bits per heavy atom. The Morgan fingerprint density at radius 1 is 1.00 bits per heavy atom. The molecule has 4 nitrogen and oxygen atoms in total. The Kier molecular flexibility index (Phi) is 5.68. The monoisotopic (exact) mass is 329 g/mol. The lowest BCUT2D eigenvalue weighted by atomic mass is 10.0. The van der Waals surface area contributed by atoms with Gasteiger partial charge in [0.25, 0.3) is 5.91 Å². The second kappa shape index (κ2) is 7.73. The normalized spacial score (nSPS) is 11.9. The van der Waals surface area contributed by atoms with E-state index >= 15 is 0 Å². The predicted molar refractivity (Wildman–Crippen MR) is 90.4 cm³/mol. The highest BCUT2D eigenvalue weighted by Gasteiger charge is 2.21. The minimum Gasteiger partial charge on any atom is -0.449 e. The van der Waals surface area contributed by atoms with Gasteiger partial charge in [-0.3, -0.25) is 4.79 Å². The summed E-state index contributed by atoms with van der Waals surface area (Å²) in [5, 5.41) is 2.75. The van der Waals surface area contributed by atoms with Gasteiger partial charge in [-0.2, -0.15) is 0 Å². The predicted octanol–water partition coefficient (Wildman–Crippen LogP) is 4.13. The molecule has 0 unspecified atom stereocenters. The minimum absolute atomic E-state index is 0.195. The highest BCUT2D eigenvalue weighted by molar-refractivity contribution is 5.97. The number of hydrogen-bond acceptors (Lipinski definition) is 3. The zero-order valence-electron chi connectivity index (χ0n) is 13.9. The SMILES string of the molecule is CC(C)c1ccccc1NC(=O)[C@H](C)OC(=O)c1ccccc1F. The zero-order chi connectivity index (χ0) is 17.7. The Labute approximate surface area is 140 Å². The fraction of sp³-hybridized carbons (Fsp3) is 0.263. The van der Waals surface area contributed by atoms with E-state index in [4.69, 9.17) is 4.74 Å². The number of amides is 1. The maximum atomic E-state index is 13.6. The van der Waals surface area contributed by atoms with Crippen molar-refractivity contribution in [2.24, 2.45) is 0 Å². The van der Waals surface area contributed by atoms with Gasteiger partial charge >= 0.3 is 5.97 Å². The van der Waals surface area contributed by atoms with Crippen molar-refractivity contribution in [3.8, 4) is 0 Å². The van der Waals surface area contributed by atoms with E-state index in [2.05, 4.69) is 5.32 Å². The van der Waals surface area contributed by atoms with Crippen LogP contribution in [0, 0.1) is 5.82 Å². The van der Waals surface area contributed by atoms with E-state index in [9.17, 15) is 14.0 Å². The van der Waals surface area contributed by atoms with E-state index in [1.165, 1.54) is 31.2 Å². The van der Waals surface area contributed by atoms with Crippen LogP contribution in [0.15, 0.2) is 48.5 Å². The summed E-state index contributed by atoms with van der Waals surface area (Å²) in [5.74, 6) is -1.78. The molecule has 0 saturated heterocycles. The van der Waals surface area contributed by atoms with Crippen molar-refractivity contribution in [2.45, 2.75) is 32.8 Å². The summed E-state index contributed by atoms with van der Waals surface area (Å²) >= 11 is 0. The van der Waals surface area contributed by atoms with Crippen LogP contribution >= 0.6 is 0 Å². The summed E-state index contributed by atoms with van der Waals surface area (Å²) in [6.07, 6.45) is -1.04. The summed E-state index contributed by atoms with van der Waals surface area (Å²) in [5.41, 5.74) is 1.46. The number of halogens is 1. The number of carbonyl (C=O) groups excluding carboxylic acids is 2. The van der Waals surface area contributed by atoms with Crippen molar-refractivity contribution >= 4 is 17.6 Å². The second-order valence-corrected chi connectivity index (χ2v) is 5.76. The molecule has 0 saturated carbocycles. The number of benzene rings is 2. The second-order valence-electron chi connectivity index (χ2n) is 5.76. The number of carbonyl (C=O) groups is 2. The lowest BCUT2D eigenvalue weighted by Gasteiger charge is -2.17. The van der Waals surface area contributed by atoms with Gasteiger partial charge in [-0.15, -0.1) is 0 Å². The number of hydrogen-bond donors (Lipinski definition) is 1. The molecule has 0 heterocycles. The van der Waals surface area contributed by atoms with Gasteiger partial charge in [0.15, 0.2) is 6.10 Å². The van der Waals surface area contributed by atoms with Crippen molar-refractivity contribution in [3.05, 3.63) is 65.5 Å². The van der Waals surface area contributed by atoms with Crippen LogP contribution in [0.5, 0.6) is 0 Å². The van der Waals surface area contributed by atoms with Crippen molar-refractivity contribution in [1.82, 2.24) is 0 Å². The molecule has 0 aliphatic heterocycles. The van der Waals surface area contributed by atoms with Gasteiger partial charge in [-0.25, -0.2) is 9.18 Å². The molecule has 126 valence electrons. The first-order chi connectivity index (χ1) is 11.4. The van der Waals surface area contributed by atoms with Crippen LogP contribution in [-0.4, -0.2) is 18.0 Å². The number of ether oxygens (including phenoxy) is 1. The molecule has 0 spiro atoms. The molecule has 5 heteroatoms. The van der Waals surface area contributed by atoms with Crippen LogP contribution in [0.4, 0.5) is 10.1 Å². The van der Waals surface area contributed by atoms with Crippen molar-refractivity contribution in [2.75, 3.05) is 5.32 Å². The lowest BCUT2D eigenvalue weighted by Crippen LogP contribution is -2.30. The molecule has 0 fully saturated rings. The third-order valence-corrected chi connectivity index (χ3v) is 3.59. The standard InChI is InChI=1S/C19H20FNO3/c1-12(2)14-8-5-7-11-17(14)21-18(22)13(3)24-19(23)15-9-4-6-10-16(15)20/h4-13H,1-3H3,(H,21,22)/t13-/m0/s1. The minimum atomic E-state index is -1.04. The number of esters is 1. The fourth-order valence-electron chi connectivity index (χ4n) is 2.25. The molecular formula is C19H20FNO3. The molecule has 0 radical (unpaired) electrons. The molecule has 0 aliphatic rings. The van der Waals surface area contributed by atoms with E-state index in [0.717, 1.165) is 5.56 Å². The quantitative estimate of drug-likeness (QED) is 0.839. The first kappa shape index (κ1) is 17.7. The first-order valence-corrected chi connectivity index (χ1v) is 7.75. The zero-order valence-corrected chi connectivity index (χ0v) is 13.9. The van der Waals surface area contributed by atoms with Crippen LogP contribution in [-0.2, 0) is 9.53 Å². The molecule has 0 bridgehead atoms. The summed E-state index contributed by atoms with van der Waals surface area (Å²) in [6, 6.07) is 12.9. The van der Waals surface area contributed by atoms with E-state index in [0.29, 0.717) is 5.69 Å². The van der Waals surface area contributed by atoms with Gasteiger partial charge in [0.2, 0.25) is 0 Å². The average molecular weight is 329 g/mol. The molecule has 2 aromatic carbocycles. The molecular weight excluding hydrogens is 309 g/mol. The smallest absolute Gasteiger partial charge is 0.341 e. The van der Waals surface area contributed by atoms with Gasteiger partial charge in [0, 0.05) is 5.69 Å². The molecule has 0 aliphatic carbocycles. The molecule has 2 rings (SSSR count). The lowest BCUT2D eigenvalue weighted by molar-refractivity contribution is -0.123. The molecule has 1 N–H and O–H groups in total. The third-order valence-electron chi connectivity index (χ3n) is 3.59. The van der Waals surface area contributed by atoms with Crippen molar-refractivity contribution in [3.63, 3.8) is 0 Å². The van der Waals surface area contributed by atoms with Gasteiger partial charge in [0.05, 0.1) is 5.56 Å². The summed E-state index contributed by atoms with van der Waals surface area (Å²) in [4.78, 5) is 24.2. The highest BCUT2D eigenvalue weighted by atomic mass is 19.1. The molecule has 0 aromatic heterocycles. The van der Waals surface area contributed by atoms with Crippen LogP contribution in [0.3, 0.4) is 0 Å². The van der Waals surface area contributed by atoms with Crippen molar-refractivity contribution < 1.29 is 18.7 Å². The maximum absolute atomic E-state index is 13.6. The third kappa shape index (κ3) is 4.19. The Balaban J connectivity index is 2.06. The van der Waals surface area contributed by atoms with Crippen LogP contribution < -0.4 is 5.32 Å². The van der Waals surface area contributed by atoms with Gasteiger partial charge in [-0.05, 0) is 36.6 Å². The van der Waals surface area contributed by atoms with Gasteiger partial charge in [-0.1, -0.05) is 44.2 Å². The largest absolute Gasteiger partial charge is 0.449 e. The number of anilines is 1. The van der Waals surface area contributed by atoms with Gasteiger partial charge < -0.3 is 10.1 Å². The first-order valence-electron chi connectivity index (χ1n) is 7.75. The summed E-state index contributed by atoms with van der Waals surface area (Å²) in [7, 11) is 0. The van der Waals surface area contributed by atoms with Gasteiger partial charge in [0.1, 0.15) is 5.82 Å². The molecule has 1 atom stereocenters. The van der Waals surface area contributed by atoms with E-state index in [-0.39, 0.29) is 11.5 Å². The Bertz CT molecular complexity index is 743. The maximum Gasteiger partial charge on any atom is 0.341 e. The number of para-hydroxylation sites is 1. The Hall–Kier alpha value is -2.69. The van der Waals surface area contributed by atoms with Crippen molar-refractivity contribution in [1.29, 1.82) is 0 Å². The fourth-order valence-corrected chi connectivity index (χ4v) is 2.25. The van der Waals surface area contributed by atoms with E-state index in [1.54, 1.807) is 6.07 Å². The summed E-state index contributed by atoms with van der Waals surface area (Å²) < 4.78 is 18.6. The van der Waals surface area contributed by atoms with Crippen LogP contribution in [0.25, 0.3) is 0 Å². The summed E-state index contributed by atoms with van der Waals surface area (Å²) in [6.45, 7) is 5.49. The molecule has 24 heavy (non-hydrogen) atoms. The number of rotatable bonds is 5. The molecule has 2 aromatic rings. The van der Waals surface area contributed by atoms with Crippen LogP contribution in [0.1, 0.15) is 42.6 Å². The highest BCUT2D eigenvalue weighted by Crippen LogP contribution is 2.24.